The van der Waals surface area contributed by atoms with Gasteiger partial charge in [-0.25, -0.2) is 0 Å². The molecule has 0 saturated carbocycles. The van der Waals surface area contributed by atoms with Crippen molar-refractivity contribution in [3.05, 3.63) is 501 Å². The van der Waals surface area contributed by atoms with Gasteiger partial charge in [0.1, 0.15) is 0 Å². The summed E-state index contributed by atoms with van der Waals surface area (Å²) in [6.07, 6.45) is 0. The predicted molar refractivity (Wildman–Crippen MR) is 565 cm³/mol. The number of fused-ring (bicyclic) bond motifs is 18. The Balaban J connectivity index is 0.000000102. The summed E-state index contributed by atoms with van der Waals surface area (Å²) in [5, 5.41) is 0. The first-order valence-electron chi connectivity index (χ1n) is 47.4. The standard InChI is InChI=1S/6C22H20/c1-15-8-6-9-16(14-15)17-11-7-13-20-21(17)18-10-4-5-12-19(18)22(20,2)3;1-15-8-4-5-9-17(15)16-12-13-19-18-10-6-7-11-20(18)22(2,3)21(19)14-16;1-15-11-13-16(14-12-15)17-8-6-10-20-21(17)18-7-4-5-9-19(18)22(20,2)3;1-15-8-7-11-19-21(15)18-13-12-17(14-20(18)22(19,2)3)16-9-5-4-6-10-16;1-15-8-7-11-19-18-13-12-17(16-9-5-4-6-10-16)14-20(18)22(2,3)21(15)19;1-15-9-12-20-19(13-15)18-11-10-17(14-21(18)22(20,2)3)16-7-5-4-6-8-16/h6*4-14H,1-3H3. The number of rotatable bonds is 6. The van der Waals surface area contributed by atoms with Gasteiger partial charge in [-0.2, -0.15) is 0 Å². The lowest BCUT2D eigenvalue weighted by atomic mass is 9.80. The molecule has 0 radical (unpaired) electrons. The molecule has 0 atom stereocenters. The molecule has 0 heterocycles. The second-order valence-electron chi connectivity index (χ2n) is 40.6. The molecule has 0 unspecified atom stereocenters. The summed E-state index contributed by atoms with van der Waals surface area (Å²) in [5.41, 5.74) is 58.3. The Bertz CT molecular complexity index is 7450. The van der Waals surface area contributed by atoms with Gasteiger partial charge in [0, 0.05) is 32.5 Å². The number of benzene rings is 18. The summed E-state index contributed by atoms with van der Waals surface area (Å²) in [5.74, 6) is 0. The highest BCUT2D eigenvalue weighted by Crippen LogP contribution is 2.58. The lowest BCUT2D eigenvalue weighted by Gasteiger charge is -2.23. The summed E-state index contributed by atoms with van der Waals surface area (Å²) < 4.78 is 0. The van der Waals surface area contributed by atoms with Crippen molar-refractivity contribution < 1.29 is 0 Å². The summed E-state index contributed by atoms with van der Waals surface area (Å²) in [6, 6.07) is 146. The van der Waals surface area contributed by atoms with Crippen LogP contribution in [0.5, 0.6) is 0 Å². The Hall–Kier alpha value is -14.0. The van der Waals surface area contributed by atoms with E-state index in [4.69, 9.17) is 0 Å². The third-order valence-corrected chi connectivity index (χ3v) is 29.9. The smallest absolute Gasteiger partial charge is 0.0161 e. The maximum Gasteiger partial charge on any atom is 0.0161 e. The summed E-state index contributed by atoms with van der Waals surface area (Å²) in [7, 11) is 0. The molecule has 0 aromatic heterocycles. The van der Waals surface area contributed by atoms with Crippen molar-refractivity contribution in [1.82, 2.24) is 0 Å². The van der Waals surface area contributed by atoms with Gasteiger partial charge in [-0.15, -0.1) is 0 Å². The van der Waals surface area contributed by atoms with Crippen LogP contribution in [0.25, 0.3) is 134 Å². The van der Waals surface area contributed by atoms with Gasteiger partial charge >= 0.3 is 0 Å². The highest BCUT2D eigenvalue weighted by atomic mass is 14.5. The minimum absolute atomic E-state index is 0.0702. The van der Waals surface area contributed by atoms with E-state index < -0.39 is 0 Å². The zero-order valence-corrected chi connectivity index (χ0v) is 80.1. The molecular weight excluding hydrogens is 1590 g/mol. The Morgan fingerprint density at radius 2 is 0.417 bits per heavy atom. The van der Waals surface area contributed by atoms with Crippen LogP contribution in [0.4, 0.5) is 0 Å². The molecule has 0 spiro atoms. The first kappa shape index (κ1) is 87.3. The van der Waals surface area contributed by atoms with Gasteiger partial charge in [-0.1, -0.05) is 476 Å². The second kappa shape index (κ2) is 34.4. The van der Waals surface area contributed by atoms with E-state index in [0.29, 0.717) is 0 Å². The molecular formula is C132H120. The fourth-order valence-electron chi connectivity index (χ4n) is 22.7. The van der Waals surface area contributed by atoms with Crippen LogP contribution in [0.2, 0.25) is 0 Å². The van der Waals surface area contributed by atoms with Gasteiger partial charge in [0.25, 0.3) is 0 Å². The first-order valence-corrected chi connectivity index (χ1v) is 47.4. The predicted octanol–water partition coefficient (Wildman–Crippen LogP) is 35.8. The lowest BCUT2D eigenvalue weighted by Crippen LogP contribution is -2.16. The largest absolute Gasteiger partial charge is 0.0622 e. The normalized spacial score (nSPS) is 14.5. The lowest BCUT2D eigenvalue weighted by molar-refractivity contribution is 0.656. The highest BCUT2D eigenvalue weighted by Gasteiger charge is 2.42. The molecule has 24 rings (SSSR count). The van der Waals surface area contributed by atoms with E-state index in [1.165, 1.54) is 234 Å². The molecule has 0 amide bonds. The van der Waals surface area contributed by atoms with Gasteiger partial charge in [-0.05, 0) is 283 Å². The fraction of sp³-hybridized carbons (Fsp3) is 0.182. The maximum atomic E-state index is 2.39. The average molecular weight is 1710 g/mol. The molecule has 0 nitrogen and oxygen atoms in total. The van der Waals surface area contributed by atoms with E-state index in [1.807, 2.05) is 0 Å². The van der Waals surface area contributed by atoms with Crippen molar-refractivity contribution in [1.29, 1.82) is 0 Å². The molecule has 18 aromatic carbocycles. The molecule has 648 valence electrons. The monoisotopic (exact) mass is 1700 g/mol. The Kier molecular flexibility index (Phi) is 22.7. The molecule has 0 fully saturated rings. The van der Waals surface area contributed by atoms with Crippen molar-refractivity contribution in [2.24, 2.45) is 0 Å². The zero-order valence-electron chi connectivity index (χ0n) is 80.1. The molecule has 6 aliphatic carbocycles. The Labute approximate surface area is 785 Å². The third kappa shape index (κ3) is 15.4. The van der Waals surface area contributed by atoms with Crippen LogP contribution >= 0.6 is 0 Å². The molecule has 0 bridgehead atoms. The van der Waals surface area contributed by atoms with Crippen molar-refractivity contribution in [2.45, 2.75) is 157 Å². The molecule has 0 N–H and O–H groups in total. The van der Waals surface area contributed by atoms with Gasteiger partial charge in [0.15, 0.2) is 0 Å². The summed E-state index contributed by atoms with van der Waals surface area (Å²) >= 11 is 0. The summed E-state index contributed by atoms with van der Waals surface area (Å²) in [6.45, 7) is 41.1. The van der Waals surface area contributed by atoms with Crippen LogP contribution in [-0.2, 0) is 32.5 Å². The first-order chi connectivity index (χ1) is 63.5. The zero-order chi connectivity index (χ0) is 91.9. The molecule has 0 heteroatoms. The minimum Gasteiger partial charge on any atom is -0.0622 e. The molecule has 18 aromatic rings. The van der Waals surface area contributed by atoms with Crippen molar-refractivity contribution in [2.75, 3.05) is 0 Å². The fourth-order valence-corrected chi connectivity index (χ4v) is 22.7. The van der Waals surface area contributed by atoms with E-state index in [9.17, 15) is 0 Å². The van der Waals surface area contributed by atoms with Crippen molar-refractivity contribution >= 4 is 0 Å². The van der Waals surface area contributed by atoms with E-state index in [2.05, 4.69) is 525 Å². The third-order valence-electron chi connectivity index (χ3n) is 29.9. The number of aryl methyl sites for hydroxylation is 6. The maximum absolute atomic E-state index is 2.39. The van der Waals surface area contributed by atoms with E-state index >= 15 is 0 Å². The van der Waals surface area contributed by atoms with Crippen molar-refractivity contribution in [3.63, 3.8) is 0 Å². The highest BCUT2D eigenvalue weighted by molar-refractivity contribution is 5.96. The van der Waals surface area contributed by atoms with Gasteiger partial charge in [0.2, 0.25) is 0 Å². The molecule has 0 aliphatic heterocycles. The second-order valence-corrected chi connectivity index (χ2v) is 40.6. The Morgan fingerprint density at radius 1 is 0.129 bits per heavy atom. The molecule has 6 aliphatic rings. The number of hydrogen-bond acceptors (Lipinski definition) is 0. The van der Waals surface area contributed by atoms with Gasteiger partial charge in [-0.3, -0.25) is 0 Å². The topological polar surface area (TPSA) is 0 Å². The van der Waals surface area contributed by atoms with E-state index in [1.54, 1.807) is 0 Å². The van der Waals surface area contributed by atoms with Crippen LogP contribution in [0, 0.1) is 41.5 Å². The van der Waals surface area contributed by atoms with Crippen molar-refractivity contribution in [3.8, 4) is 134 Å². The minimum atomic E-state index is 0.0702. The van der Waals surface area contributed by atoms with E-state index in [-0.39, 0.29) is 32.5 Å². The van der Waals surface area contributed by atoms with Gasteiger partial charge in [0.05, 0.1) is 0 Å². The summed E-state index contributed by atoms with van der Waals surface area (Å²) in [4.78, 5) is 0. The van der Waals surface area contributed by atoms with Crippen LogP contribution in [0.3, 0.4) is 0 Å². The number of hydrogen-bond donors (Lipinski definition) is 0. The molecule has 0 saturated heterocycles. The van der Waals surface area contributed by atoms with Crippen LogP contribution in [0.1, 0.15) is 183 Å². The SMILES string of the molecule is Cc1ccc(-c2cccc3c2-c2ccccc2C3(C)C)cc1.Cc1ccc2c(c1)-c1ccc(-c3ccccc3)cc1C2(C)C.Cc1cccc(-c2cccc3c2-c2ccccc2C3(C)C)c1.Cc1cccc2c1-c1ccc(-c3ccccc3)cc1C2(C)C.Cc1cccc2c1C(C)(C)c1cc(-c3ccccc3)ccc1-2.Cc1ccccc1-c1ccc2c(c1)C(C)(C)c1ccccc1-2. The van der Waals surface area contributed by atoms with E-state index in [0.717, 1.165) is 0 Å². The van der Waals surface area contributed by atoms with Gasteiger partial charge < -0.3 is 0 Å². The van der Waals surface area contributed by atoms with Crippen LogP contribution in [-0.4, -0.2) is 0 Å². The quantitative estimate of drug-likeness (QED) is 0.156. The van der Waals surface area contributed by atoms with Crippen LogP contribution in [0.15, 0.2) is 400 Å². The van der Waals surface area contributed by atoms with Crippen LogP contribution < -0.4 is 0 Å². The Morgan fingerprint density at radius 3 is 0.939 bits per heavy atom. The molecule has 132 heavy (non-hydrogen) atoms. The average Bonchev–Trinajstić information content (AvgIpc) is 1.58.